The van der Waals surface area contributed by atoms with Crippen LogP contribution in [0, 0.1) is 41.3 Å². The molecule has 49 heavy (non-hydrogen) atoms. The van der Waals surface area contributed by atoms with Crippen molar-refractivity contribution < 1.29 is 50.2 Å². The van der Waals surface area contributed by atoms with Crippen LogP contribution in [0.3, 0.4) is 0 Å². The second-order valence-electron chi connectivity index (χ2n) is 14.2. The minimum absolute atomic E-state index is 0.00311. The van der Waals surface area contributed by atoms with Crippen LogP contribution in [0.4, 0.5) is 36.4 Å². The van der Waals surface area contributed by atoms with Gasteiger partial charge < -0.3 is 24.9 Å². The highest BCUT2D eigenvalue weighted by Gasteiger charge is 2.58. The minimum Gasteiger partial charge on any atom is -0.392 e. The Morgan fingerprint density at radius 1 is 1.08 bits per heavy atom. The molecule has 0 aromatic heterocycles. The number of halogens is 7. The first-order chi connectivity index (χ1) is 23.2. The van der Waals surface area contributed by atoms with Crippen LogP contribution < -0.4 is 5.32 Å². The fourth-order valence-electron chi connectivity index (χ4n) is 9.23. The number of aliphatic hydroxyl groups is 1. The van der Waals surface area contributed by atoms with Gasteiger partial charge in [0.1, 0.15) is 18.1 Å². The van der Waals surface area contributed by atoms with Gasteiger partial charge in [-0.05, 0) is 80.6 Å². The van der Waals surface area contributed by atoms with Crippen molar-refractivity contribution in [3.8, 4) is 0 Å². The van der Waals surface area contributed by atoms with Gasteiger partial charge in [0.25, 0.3) is 0 Å². The van der Waals surface area contributed by atoms with Crippen LogP contribution in [0.25, 0.3) is 0 Å². The van der Waals surface area contributed by atoms with Crippen molar-refractivity contribution >= 4 is 17.3 Å². The van der Waals surface area contributed by atoms with Gasteiger partial charge in [-0.3, -0.25) is 4.79 Å². The summed E-state index contributed by atoms with van der Waals surface area (Å²) in [5, 5.41) is 16.8. The molecule has 0 saturated heterocycles. The summed E-state index contributed by atoms with van der Waals surface area (Å²) in [4.78, 5) is 21.7. The first-order valence-corrected chi connectivity index (χ1v) is 16.8. The molecule has 4 saturated carbocycles. The number of hydrogen-bond acceptors (Lipinski definition) is 6. The van der Waals surface area contributed by atoms with Gasteiger partial charge >= 0.3 is 12.4 Å². The first-order valence-electron chi connectivity index (χ1n) is 16.8. The molecule has 9 atom stereocenters. The molecular formula is C35H38F7N3O4. The molecule has 7 nitrogen and oxygen atoms in total. The Hall–Kier alpha value is -3.39. The molecule has 5 unspecified atom stereocenters. The van der Waals surface area contributed by atoms with Crippen LogP contribution in [0.15, 0.2) is 58.9 Å². The number of aliphatic hydroxyl groups excluding tert-OH is 1. The molecule has 6 aliphatic rings. The van der Waals surface area contributed by atoms with Crippen molar-refractivity contribution in [1.82, 2.24) is 4.90 Å². The van der Waals surface area contributed by atoms with E-state index in [4.69, 9.17) is 9.57 Å². The highest BCUT2D eigenvalue weighted by molar-refractivity contribution is 6.05. The van der Waals surface area contributed by atoms with Gasteiger partial charge in [0.2, 0.25) is 5.91 Å². The molecule has 0 spiro atoms. The number of carbonyl (C=O) groups is 1. The maximum absolute atomic E-state index is 14.2. The smallest absolute Gasteiger partial charge is 0.392 e. The van der Waals surface area contributed by atoms with Crippen molar-refractivity contribution in [2.75, 3.05) is 12.4 Å². The van der Waals surface area contributed by atoms with Gasteiger partial charge in [-0.2, -0.15) is 26.3 Å². The van der Waals surface area contributed by atoms with E-state index >= 15 is 0 Å². The minimum atomic E-state index is -4.94. The SMILES string of the molecule is COC1C=CC(C2=NOC3CC(C(O)C(F)(F)F)CC23)=CN1[C@H]1[C@@H](C(=O)Nc2ccc(F)c(C(F)(F)F)c2)[C@H]2CC[C@@H]1/C2=C\C1CCCC1. The van der Waals surface area contributed by atoms with E-state index in [0.717, 1.165) is 50.2 Å². The maximum Gasteiger partial charge on any atom is 0.419 e. The van der Waals surface area contributed by atoms with Gasteiger partial charge in [0.05, 0.1) is 17.2 Å². The number of alkyl halides is 6. The number of methoxy groups -OCH3 is 1. The molecule has 1 amide bonds. The predicted octanol–water partition coefficient (Wildman–Crippen LogP) is 7.36. The van der Waals surface area contributed by atoms with Crippen molar-refractivity contribution in [3.05, 3.63) is 65.2 Å². The average Bonchev–Trinajstić information content (AvgIpc) is 3.88. The number of allylic oxidation sites excluding steroid dienone is 3. The largest absolute Gasteiger partial charge is 0.419 e. The number of benzene rings is 1. The standard InChI is InChI=1S/C35H38F7N3O4/c1-48-28-11-6-18(30-24-13-19(14-27(24)49-44-30)32(46)35(40,41)42)16-45(28)31-22-9-8-21(23(22)12-17-4-2-3-5-17)29(31)33(47)43-20-7-10-26(36)25(15-20)34(37,38)39/h6-7,10-12,15-17,19,21-22,24,27-29,31-32,46H,2-5,8-9,13-14H2,1H3,(H,43,47)/b23-12-/t19?,21-,22+,24?,27?,28?,29-,31+,32?/m0/s1. The third-order valence-corrected chi connectivity index (χ3v) is 11.4. The highest BCUT2D eigenvalue weighted by atomic mass is 19.4. The number of rotatable bonds is 7. The number of ether oxygens (including phenoxy) is 1. The molecule has 2 heterocycles. The van der Waals surface area contributed by atoms with Crippen molar-refractivity contribution in [3.63, 3.8) is 0 Å². The lowest BCUT2D eigenvalue weighted by Gasteiger charge is -2.42. The van der Waals surface area contributed by atoms with Crippen LogP contribution in [0.1, 0.15) is 56.9 Å². The monoisotopic (exact) mass is 697 g/mol. The van der Waals surface area contributed by atoms with Crippen LogP contribution in [0.5, 0.6) is 0 Å². The number of anilines is 1. The molecule has 1 aromatic carbocycles. The fraction of sp³-hybridized carbons (Fsp3) is 0.600. The summed E-state index contributed by atoms with van der Waals surface area (Å²) >= 11 is 0. The average molecular weight is 698 g/mol. The quantitative estimate of drug-likeness (QED) is 0.230. The number of amides is 1. The molecule has 0 radical (unpaired) electrons. The molecule has 266 valence electrons. The molecule has 2 N–H and O–H groups in total. The summed E-state index contributed by atoms with van der Waals surface area (Å²) in [6.45, 7) is 0. The molecule has 4 aliphatic carbocycles. The third kappa shape index (κ3) is 6.28. The summed E-state index contributed by atoms with van der Waals surface area (Å²) in [5.74, 6) is -3.99. The number of carbonyl (C=O) groups excluding carboxylic acids is 1. The summed E-state index contributed by atoms with van der Waals surface area (Å²) < 4.78 is 100. The zero-order valence-corrected chi connectivity index (χ0v) is 26.7. The topological polar surface area (TPSA) is 83.4 Å². The molecule has 2 bridgehead atoms. The van der Waals surface area contributed by atoms with E-state index in [1.54, 1.807) is 18.4 Å². The maximum atomic E-state index is 14.2. The van der Waals surface area contributed by atoms with E-state index in [1.165, 1.54) is 7.11 Å². The van der Waals surface area contributed by atoms with Gasteiger partial charge in [0.15, 0.2) is 6.10 Å². The summed E-state index contributed by atoms with van der Waals surface area (Å²) in [6.07, 6.45) is 0.0999. The van der Waals surface area contributed by atoms with Crippen LogP contribution in [-0.4, -0.2) is 59.4 Å². The molecule has 1 aromatic rings. The zero-order chi connectivity index (χ0) is 34.8. The van der Waals surface area contributed by atoms with Crippen LogP contribution in [-0.2, 0) is 20.5 Å². The molecule has 4 fully saturated rings. The van der Waals surface area contributed by atoms with Crippen LogP contribution >= 0.6 is 0 Å². The van der Waals surface area contributed by atoms with E-state index in [1.807, 2.05) is 4.90 Å². The Bertz CT molecular complexity index is 1580. The number of nitrogens with zero attached hydrogens (tertiary/aromatic N) is 2. The van der Waals surface area contributed by atoms with E-state index in [9.17, 15) is 40.6 Å². The van der Waals surface area contributed by atoms with Gasteiger partial charge in [0, 0.05) is 42.4 Å². The van der Waals surface area contributed by atoms with Crippen molar-refractivity contribution in [1.29, 1.82) is 0 Å². The van der Waals surface area contributed by atoms with Crippen molar-refractivity contribution in [2.45, 2.75) is 88.2 Å². The van der Waals surface area contributed by atoms with E-state index in [0.29, 0.717) is 29.3 Å². The van der Waals surface area contributed by atoms with Gasteiger partial charge in [-0.1, -0.05) is 35.7 Å². The van der Waals surface area contributed by atoms with Gasteiger partial charge in [-0.15, -0.1) is 0 Å². The van der Waals surface area contributed by atoms with Gasteiger partial charge in [-0.25, -0.2) is 4.39 Å². The number of oxime groups is 1. The molecule has 2 aliphatic heterocycles. The Kier molecular flexibility index (Phi) is 8.86. The highest BCUT2D eigenvalue weighted by Crippen LogP contribution is 2.56. The molecular weight excluding hydrogens is 659 g/mol. The lowest BCUT2D eigenvalue weighted by Crippen LogP contribution is -2.51. The predicted molar refractivity (Wildman–Crippen MR) is 164 cm³/mol. The normalized spacial score (nSPS) is 34.3. The third-order valence-electron chi connectivity index (χ3n) is 11.4. The Morgan fingerprint density at radius 2 is 1.82 bits per heavy atom. The Labute approximate surface area is 278 Å². The summed E-state index contributed by atoms with van der Waals surface area (Å²) in [5.41, 5.74) is 0.557. The Morgan fingerprint density at radius 3 is 2.51 bits per heavy atom. The van der Waals surface area contributed by atoms with E-state index in [-0.39, 0.29) is 30.4 Å². The summed E-state index contributed by atoms with van der Waals surface area (Å²) in [7, 11) is 1.52. The number of nitrogens with one attached hydrogen (secondary N) is 1. The second kappa shape index (κ2) is 12.7. The lowest BCUT2D eigenvalue weighted by molar-refractivity contribution is -0.219. The second-order valence-corrected chi connectivity index (χ2v) is 14.2. The first kappa shape index (κ1) is 34.1. The van der Waals surface area contributed by atoms with Crippen LogP contribution in [0.2, 0.25) is 0 Å². The molecule has 7 rings (SSSR count). The fourth-order valence-corrected chi connectivity index (χ4v) is 9.23. The van der Waals surface area contributed by atoms with Crippen molar-refractivity contribution in [2.24, 2.45) is 40.7 Å². The number of hydrogen-bond donors (Lipinski definition) is 2. The van der Waals surface area contributed by atoms with E-state index < -0.39 is 71.9 Å². The zero-order valence-electron chi connectivity index (χ0n) is 26.7. The number of fused-ring (bicyclic) bond motifs is 3. The molecule has 14 heteroatoms. The lowest BCUT2D eigenvalue weighted by atomic mass is 9.82. The Balaban J connectivity index is 1.21. The summed E-state index contributed by atoms with van der Waals surface area (Å²) in [6, 6.07) is 1.93. The van der Waals surface area contributed by atoms with E-state index in [2.05, 4.69) is 16.5 Å².